The van der Waals surface area contributed by atoms with E-state index in [1.165, 1.54) is 11.3 Å². The van der Waals surface area contributed by atoms with Gasteiger partial charge in [-0.3, -0.25) is 0 Å². The number of hydrogen-bond donors (Lipinski definition) is 0. The first-order valence-corrected chi connectivity index (χ1v) is 6.24. The van der Waals surface area contributed by atoms with E-state index in [9.17, 15) is 4.39 Å². The molecule has 62 valence electrons. The average Bonchev–Trinajstić information content (AvgIpc) is 2.33. The maximum Gasteiger partial charge on any atom is 0.141 e. The summed E-state index contributed by atoms with van der Waals surface area (Å²) in [6.07, 6.45) is 0. The van der Waals surface area contributed by atoms with Gasteiger partial charge in [-0.05, 0) is 57.3 Å². The predicted molar refractivity (Wildman–Crippen MR) is 67.2 cm³/mol. The van der Waals surface area contributed by atoms with E-state index in [0.29, 0.717) is 0 Å². The average molecular weight is 404 g/mol. The van der Waals surface area contributed by atoms with Crippen LogP contribution < -0.4 is 0 Å². The fourth-order valence-corrected chi connectivity index (χ4v) is 4.06. The molecule has 0 aliphatic heterocycles. The molecule has 0 fully saturated rings. The van der Waals surface area contributed by atoms with Crippen LogP contribution in [0, 0.1) is 13.0 Å². The van der Waals surface area contributed by atoms with E-state index >= 15 is 0 Å². The Kier molecular flexibility index (Phi) is 2.57. The first kappa shape index (κ1) is 9.14. The highest BCUT2D eigenvalue weighted by atomic mass is 127. The van der Waals surface area contributed by atoms with Crippen LogP contribution >= 0.6 is 56.5 Å². The third-order valence-corrected chi connectivity index (χ3v) is 4.39. The third kappa shape index (κ3) is 1.48. The predicted octanol–water partition coefficient (Wildman–Crippen LogP) is 4.25. The lowest BCUT2D eigenvalue weighted by atomic mass is 10.3. The van der Waals surface area contributed by atoms with Gasteiger partial charge in [0.15, 0.2) is 0 Å². The maximum atomic E-state index is 13.1. The molecule has 0 spiro atoms. The van der Waals surface area contributed by atoms with Crippen LogP contribution in [0.2, 0.25) is 0 Å². The molecule has 0 nitrogen and oxygen atoms in total. The highest BCUT2D eigenvalue weighted by Gasteiger charge is 2.06. The first-order chi connectivity index (χ1) is 5.68. The smallest absolute Gasteiger partial charge is 0.141 e. The molecule has 0 saturated carbocycles. The molecule has 0 aliphatic rings. The van der Waals surface area contributed by atoms with Gasteiger partial charge in [0.05, 0.1) is 4.70 Å². The van der Waals surface area contributed by atoms with Gasteiger partial charge in [-0.2, -0.15) is 0 Å². The van der Waals surface area contributed by atoms with Crippen LogP contribution in [0.3, 0.4) is 0 Å². The van der Waals surface area contributed by atoms with Crippen molar-refractivity contribution in [3.8, 4) is 0 Å². The Morgan fingerprint density at radius 2 is 2.00 bits per heavy atom. The standard InChI is InChI=1S/C8H3FI2S/c9-6-3-12-8-5(6)1-4(10)2-7(8)11/h1-3H. The zero-order valence-electron chi connectivity index (χ0n) is 5.77. The Bertz CT molecular complexity index is 436. The van der Waals surface area contributed by atoms with E-state index in [0.717, 1.165) is 17.2 Å². The summed E-state index contributed by atoms with van der Waals surface area (Å²) in [6.45, 7) is 0. The van der Waals surface area contributed by atoms with Gasteiger partial charge in [-0.25, -0.2) is 4.39 Å². The van der Waals surface area contributed by atoms with Crippen molar-refractivity contribution in [2.45, 2.75) is 0 Å². The quantitative estimate of drug-likeness (QED) is 0.577. The Balaban J connectivity index is 2.92. The minimum Gasteiger partial charge on any atom is -0.205 e. The van der Waals surface area contributed by atoms with Crippen molar-refractivity contribution in [3.63, 3.8) is 0 Å². The molecule has 1 aromatic carbocycles. The first-order valence-electron chi connectivity index (χ1n) is 3.20. The second-order valence-electron chi connectivity index (χ2n) is 2.35. The maximum absolute atomic E-state index is 13.1. The summed E-state index contributed by atoms with van der Waals surface area (Å²) in [7, 11) is 0. The van der Waals surface area contributed by atoms with E-state index in [2.05, 4.69) is 51.2 Å². The van der Waals surface area contributed by atoms with Crippen molar-refractivity contribution in [3.05, 3.63) is 30.5 Å². The normalized spacial score (nSPS) is 10.9. The summed E-state index contributed by atoms with van der Waals surface area (Å²) in [4.78, 5) is 0. The molecule has 1 aromatic heterocycles. The van der Waals surface area contributed by atoms with Gasteiger partial charge in [0, 0.05) is 17.9 Å². The zero-order chi connectivity index (χ0) is 8.72. The molecular weight excluding hydrogens is 401 g/mol. The minimum absolute atomic E-state index is 0.105. The van der Waals surface area contributed by atoms with Crippen LogP contribution in [0.25, 0.3) is 10.1 Å². The molecule has 2 aromatic rings. The van der Waals surface area contributed by atoms with Crippen LogP contribution in [0.5, 0.6) is 0 Å². The SMILES string of the molecule is Fc1csc2c(I)cc(I)cc12. The summed E-state index contributed by atoms with van der Waals surface area (Å²) < 4.78 is 16.4. The molecule has 0 atom stereocenters. The van der Waals surface area contributed by atoms with E-state index < -0.39 is 0 Å². The zero-order valence-corrected chi connectivity index (χ0v) is 10.9. The van der Waals surface area contributed by atoms with Gasteiger partial charge in [0.2, 0.25) is 0 Å². The minimum atomic E-state index is -0.105. The molecule has 0 radical (unpaired) electrons. The van der Waals surface area contributed by atoms with E-state index in [-0.39, 0.29) is 5.82 Å². The molecule has 0 unspecified atom stereocenters. The number of fused-ring (bicyclic) bond motifs is 1. The number of halogens is 3. The highest BCUT2D eigenvalue weighted by molar-refractivity contribution is 14.1. The molecule has 12 heavy (non-hydrogen) atoms. The van der Waals surface area contributed by atoms with Crippen LogP contribution in [-0.2, 0) is 0 Å². The molecule has 0 N–H and O–H groups in total. The van der Waals surface area contributed by atoms with Crippen molar-refractivity contribution in [1.29, 1.82) is 0 Å². The molecule has 0 saturated heterocycles. The van der Waals surface area contributed by atoms with Gasteiger partial charge >= 0.3 is 0 Å². The number of benzene rings is 1. The van der Waals surface area contributed by atoms with E-state index in [1.807, 2.05) is 6.07 Å². The number of hydrogen-bond acceptors (Lipinski definition) is 1. The lowest BCUT2D eigenvalue weighted by molar-refractivity contribution is 0.644. The van der Waals surface area contributed by atoms with Gasteiger partial charge in [0.1, 0.15) is 5.82 Å². The molecule has 0 amide bonds. The summed E-state index contributed by atoms with van der Waals surface area (Å²) in [6, 6.07) is 3.93. The Morgan fingerprint density at radius 3 is 2.75 bits per heavy atom. The monoisotopic (exact) mass is 404 g/mol. The Hall–Kier alpha value is 0.570. The van der Waals surface area contributed by atoms with E-state index in [1.54, 1.807) is 5.38 Å². The number of rotatable bonds is 0. The lowest BCUT2D eigenvalue weighted by Gasteiger charge is -1.95. The van der Waals surface area contributed by atoms with Crippen molar-refractivity contribution in [2.75, 3.05) is 0 Å². The molecular formula is C8H3FI2S. The fraction of sp³-hybridized carbons (Fsp3) is 0. The highest BCUT2D eigenvalue weighted by Crippen LogP contribution is 2.30. The number of thiophene rings is 1. The summed E-state index contributed by atoms with van der Waals surface area (Å²) in [5.74, 6) is -0.105. The topological polar surface area (TPSA) is 0 Å². The molecule has 0 aliphatic carbocycles. The van der Waals surface area contributed by atoms with Crippen molar-refractivity contribution < 1.29 is 4.39 Å². The van der Waals surface area contributed by atoms with Gasteiger partial charge in [0.25, 0.3) is 0 Å². The second kappa shape index (κ2) is 3.38. The van der Waals surface area contributed by atoms with Crippen LogP contribution in [-0.4, -0.2) is 0 Å². The van der Waals surface area contributed by atoms with Gasteiger partial charge < -0.3 is 0 Å². The summed E-state index contributed by atoms with van der Waals surface area (Å²) in [5, 5.41) is 2.31. The van der Waals surface area contributed by atoms with Gasteiger partial charge in [-0.15, -0.1) is 11.3 Å². The summed E-state index contributed by atoms with van der Waals surface area (Å²) in [5.41, 5.74) is 0. The van der Waals surface area contributed by atoms with Gasteiger partial charge in [-0.1, -0.05) is 0 Å². The molecule has 1 heterocycles. The van der Waals surface area contributed by atoms with Crippen LogP contribution in [0.1, 0.15) is 0 Å². The second-order valence-corrected chi connectivity index (χ2v) is 5.64. The Labute approximate surface area is 100 Å². The third-order valence-electron chi connectivity index (χ3n) is 1.55. The molecule has 4 heteroatoms. The van der Waals surface area contributed by atoms with Crippen molar-refractivity contribution in [2.24, 2.45) is 0 Å². The van der Waals surface area contributed by atoms with Crippen molar-refractivity contribution in [1.82, 2.24) is 0 Å². The summed E-state index contributed by atoms with van der Waals surface area (Å²) >= 11 is 5.90. The molecule has 0 bridgehead atoms. The van der Waals surface area contributed by atoms with Crippen LogP contribution in [0.15, 0.2) is 17.5 Å². The fourth-order valence-electron chi connectivity index (χ4n) is 1.03. The van der Waals surface area contributed by atoms with E-state index in [4.69, 9.17) is 0 Å². The van der Waals surface area contributed by atoms with Crippen molar-refractivity contribution >= 4 is 66.6 Å². The van der Waals surface area contributed by atoms with Crippen LogP contribution in [0.4, 0.5) is 4.39 Å². The molecule has 2 rings (SSSR count). The lowest BCUT2D eigenvalue weighted by Crippen LogP contribution is -1.76. The Morgan fingerprint density at radius 1 is 1.25 bits per heavy atom. The largest absolute Gasteiger partial charge is 0.205 e.